The van der Waals surface area contributed by atoms with Crippen LogP contribution in [0.25, 0.3) is 0 Å². The first-order chi connectivity index (χ1) is 10.8. The first kappa shape index (κ1) is 14.1. The molecule has 2 heterocycles. The first-order valence-electron chi connectivity index (χ1n) is 6.95. The number of Topliss-reactive ketones (excluding diaryl/α,β-unsaturated/α-hetero) is 2. The largest absolute Gasteiger partial charge is 0.469 e. The molecule has 0 radical (unpaired) electrons. The normalized spacial score (nSPS) is 12.0. The summed E-state index contributed by atoms with van der Waals surface area (Å²) in [5, 5.41) is 0. The van der Waals surface area contributed by atoms with Crippen LogP contribution in [0.1, 0.15) is 39.0 Å². The average Bonchev–Trinajstić information content (AvgIpc) is 3.25. The van der Waals surface area contributed by atoms with Gasteiger partial charge < -0.3 is 8.83 Å². The van der Waals surface area contributed by atoms with E-state index in [-0.39, 0.29) is 23.7 Å². The van der Waals surface area contributed by atoms with Crippen molar-refractivity contribution >= 4 is 11.6 Å². The van der Waals surface area contributed by atoms with Gasteiger partial charge in [-0.25, -0.2) is 0 Å². The topological polar surface area (TPSA) is 60.4 Å². The molecule has 0 aliphatic carbocycles. The molecule has 0 amide bonds. The maximum atomic E-state index is 12.7. The standard InChI is InChI=1S/C18H14O4/c19-15(17-9-5-11-22-17)12-14(16-8-4-10-21-16)18(20)13-6-2-1-3-7-13/h1-11,14H,12H2. The molecular formula is C18H14O4. The first-order valence-corrected chi connectivity index (χ1v) is 6.95. The Balaban J connectivity index is 1.88. The Morgan fingerprint density at radius 2 is 1.59 bits per heavy atom. The molecule has 0 fully saturated rings. The highest BCUT2D eigenvalue weighted by molar-refractivity contribution is 6.05. The van der Waals surface area contributed by atoms with Crippen LogP contribution in [0.3, 0.4) is 0 Å². The second kappa shape index (κ2) is 6.26. The van der Waals surface area contributed by atoms with Crippen LogP contribution in [0.4, 0.5) is 0 Å². The predicted octanol–water partition coefficient (Wildman–Crippen LogP) is 4.11. The lowest BCUT2D eigenvalue weighted by Gasteiger charge is -2.12. The van der Waals surface area contributed by atoms with Crippen LogP contribution in [0, 0.1) is 0 Å². The maximum Gasteiger partial charge on any atom is 0.199 e. The van der Waals surface area contributed by atoms with E-state index >= 15 is 0 Å². The van der Waals surface area contributed by atoms with Gasteiger partial charge in [-0.3, -0.25) is 9.59 Å². The molecular weight excluding hydrogens is 280 g/mol. The molecule has 1 atom stereocenters. The van der Waals surface area contributed by atoms with Gasteiger partial charge in [0.1, 0.15) is 5.76 Å². The molecule has 0 N–H and O–H groups in total. The van der Waals surface area contributed by atoms with Crippen molar-refractivity contribution in [2.45, 2.75) is 12.3 Å². The summed E-state index contributed by atoms with van der Waals surface area (Å²) in [7, 11) is 0. The van der Waals surface area contributed by atoms with E-state index < -0.39 is 5.92 Å². The molecule has 3 aromatic rings. The Labute approximate surface area is 127 Å². The van der Waals surface area contributed by atoms with Crippen LogP contribution in [0.15, 0.2) is 76.0 Å². The Morgan fingerprint density at radius 1 is 0.864 bits per heavy atom. The molecule has 2 aromatic heterocycles. The molecule has 0 spiro atoms. The van der Waals surface area contributed by atoms with Crippen molar-refractivity contribution < 1.29 is 18.4 Å². The summed E-state index contributed by atoms with van der Waals surface area (Å²) in [4.78, 5) is 25.0. The lowest BCUT2D eigenvalue weighted by molar-refractivity contribution is 0.0870. The van der Waals surface area contributed by atoms with Crippen LogP contribution in [-0.2, 0) is 0 Å². The number of rotatable bonds is 6. The van der Waals surface area contributed by atoms with Gasteiger partial charge in [-0.05, 0) is 24.3 Å². The number of ketones is 2. The van der Waals surface area contributed by atoms with E-state index in [2.05, 4.69) is 0 Å². The molecule has 1 unspecified atom stereocenters. The molecule has 0 bridgehead atoms. The zero-order valence-corrected chi connectivity index (χ0v) is 11.8. The van der Waals surface area contributed by atoms with Crippen molar-refractivity contribution in [1.29, 1.82) is 0 Å². The van der Waals surface area contributed by atoms with Gasteiger partial charge in [0, 0.05) is 12.0 Å². The summed E-state index contributed by atoms with van der Waals surface area (Å²) >= 11 is 0. The summed E-state index contributed by atoms with van der Waals surface area (Å²) in [6.45, 7) is 0. The van der Waals surface area contributed by atoms with Crippen LogP contribution >= 0.6 is 0 Å². The Hall–Kier alpha value is -2.88. The molecule has 22 heavy (non-hydrogen) atoms. The van der Waals surface area contributed by atoms with Gasteiger partial charge in [0.15, 0.2) is 17.3 Å². The van der Waals surface area contributed by atoms with Gasteiger partial charge >= 0.3 is 0 Å². The molecule has 4 nitrogen and oxygen atoms in total. The lowest BCUT2D eigenvalue weighted by Crippen LogP contribution is -2.16. The van der Waals surface area contributed by atoms with Crippen molar-refractivity contribution in [3.8, 4) is 0 Å². The number of hydrogen-bond donors (Lipinski definition) is 0. The van der Waals surface area contributed by atoms with Gasteiger partial charge in [-0.15, -0.1) is 0 Å². The van der Waals surface area contributed by atoms with Crippen molar-refractivity contribution in [2.75, 3.05) is 0 Å². The maximum absolute atomic E-state index is 12.7. The van der Waals surface area contributed by atoms with Gasteiger partial charge in [-0.1, -0.05) is 30.3 Å². The zero-order chi connectivity index (χ0) is 15.4. The Kier molecular flexibility index (Phi) is 4.01. The number of carbonyl (C=O) groups is 2. The zero-order valence-electron chi connectivity index (χ0n) is 11.8. The summed E-state index contributed by atoms with van der Waals surface area (Å²) in [5.41, 5.74) is 0.552. The summed E-state index contributed by atoms with van der Waals surface area (Å²) in [5.74, 6) is -0.299. The fourth-order valence-electron chi connectivity index (χ4n) is 2.34. The molecule has 4 heteroatoms. The van der Waals surface area contributed by atoms with Gasteiger partial charge in [0.2, 0.25) is 0 Å². The lowest BCUT2D eigenvalue weighted by atomic mass is 9.90. The Bertz CT molecular complexity index is 740. The number of hydrogen-bond acceptors (Lipinski definition) is 4. The molecule has 3 rings (SSSR count). The fraction of sp³-hybridized carbons (Fsp3) is 0.111. The highest BCUT2D eigenvalue weighted by Crippen LogP contribution is 2.26. The van der Waals surface area contributed by atoms with Crippen molar-refractivity contribution in [2.24, 2.45) is 0 Å². The summed E-state index contributed by atoms with van der Waals surface area (Å²) in [6, 6.07) is 15.5. The quantitative estimate of drug-likeness (QED) is 0.642. The van der Waals surface area contributed by atoms with Gasteiger partial charge in [-0.2, -0.15) is 0 Å². The minimum atomic E-state index is -0.657. The fourth-order valence-corrected chi connectivity index (χ4v) is 2.34. The van der Waals surface area contributed by atoms with Crippen LogP contribution in [-0.4, -0.2) is 11.6 Å². The van der Waals surface area contributed by atoms with Crippen molar-refractivity contribution in [3.63, 3.8) is 0 Å². The second-order valence-corrected chi connectivity index (χ2v) is 4.90. The summed E-state index contributed by atoms with van der Waals surface area (Å²) in [6.07, 6.45) is 2.95. The van der Waals surface area contributed by atoms with E-state index in [0.717, 1.165) is 0 Å². The minimum Gasteiger partial charge on any atom is -0.469 e. The SMILES string of the molecule is O=C(CC(C(=O)c1ccccc1)c1ccco1)c1ccco1. The molecule has 0 aliphatic heterocycles. The van der Waals surface area contributed by atoms with Gasteiger partial charge in [0.25, 0.3) is 0 Å². The minimum absolute atomic E-state index is 0.00868. The van der Waals surface area contributed by atoms with E-state index in [0.29, 0.717) is 11.3 Å². The van der Waals surface area contributed by atoms with E-state index in [1.165, 1.54) is 12.5 Å². The molecule has 0 saturated carbocycles. The van der Waals surface area contributed by atoms with Crippen LogP contribution in [0.2, 0.25) is 0 Å². The number of furan rings is 2. The van der Waals surface area contributed by atoms with Crippen LogP contribution < -0.4 is 0 Å². The third-order valence-electron chi connectivity index (χ3n) is 3.45. The number of benzene rings is 1. The molecule has 0 saturated heterocycles. The second-order valence-electron chi connectivity index (χ2n) is 4.90. The average molecular weight is 294 g/mol. The van der Waals surface area contributed by atoms with E-state index in [9.17, 15) is 9.59 Å². The molecule has 1 aromatic carbocycles. The third-order valence-corrected chi connectivity index (χ3v) is 3.45. The Morgan fingerprint density at radius 3 is 2.23 bits per heavy atom. The van der Waals surface area contributed by atoms with Crippen molar-refractivity contribution in [1.82, 2.24) is 0 Å². The molecule has 0 aliphatic rings. The number of carbonyl (C=O) groups excluding carboxylic acids is 2. The van der Waals surface area contributed by atoms with Crippen molar-refractivity contribution in [3.05, 3.63) is 84.2 Å². The highest BCUT2D eigenvalue weighted by Gasteiger charge is 2.28. The van der Waals surface area contributed by atoms with Crippen LogP contribution in [0.5, 0.6) is 0 Å². The van der Waals surface area contributed by atoms with E-state index in [4.69, 9.17) is 8.83 Å². The summed E-state index contributed by atoms with van der Waals surface area (Å²) < 4.78 is 10.5. The van der Waals surface area contributed by atoms with E-state index in [1.807, 2.05) is 6.07 Å². The predicted molar refractivity (Wildman–Crippen MR) is 79.9 cm³/mol. The monoisotopic (exact) mass is 294 g/mol. The van der Waals surface area contributed by atoms with E-state index in [1.54, 1.807) is 48.5 Å². The highest BCUT2D eigenvalue weighted by atomic mass is 16.3. The molecule has 110 valence electrons. The smallest absolute Gasteiger partial charge is 0.199 e. The van der Waals surface area contributed by atoms with Gasteiger partial charge in [0.05, 0.1) is 18.4 Å². The third kappa shape index (κ3) is 2.91.